The number of amides is 1. The van der Waals surface area contributed by atoms with E-state index in [9.17, 15) is 4.79 Å². The number of hydrogen-bond donors (Lipinski definition) is 0. The smallest absolute Gasteiger partial charge is 0.220 e. The summed E-state index contributed by atoms with van der Waals surface area (Å²) in [6.07, 6.45) is 21.5. The molecular weight excluding hydrogens is 456 g/mol. The third kappa shape index (κ3) is 12.6. The molecule has 4 nitrogen and oxygen atoms in total. The summed E-state index contributed by atoms with van der Waals surface area (Å²) in [7, 11) is 0. The zero-order valence-electron chi connectivity index (χ0n) is 24.3. The van der Waals surface area contributed by atoms with Gasteiger partial charge in [-0.15, -0.1) is 0 Å². The van der Waals surface area contributed by atoms with Gasteiger partial charge in [0, 0.05) is 38.6 Å². The van der Waals surface area contributed by atoms with Crippen molar-refractivity contribution in [3.63, 3.8) is 0 Å². The van der Waals surface area contributed by atoms with E-state index in [1.165, 1.54) is 70.6 Å². The fourth-order valence-corrected chi connectivity index (χ4v) is 4.82. The molecule has 1 aromatic carbocycles. The highest BCUT2D eigenvalue weighted by atomic mass is 16.5. The van der Waals surface area contributed by atoms with E-state index in [0.29, 0.717) is 13.1 Å². The molecule has 0 atom stereocenters. The number of aryl methyl sites for hydroxylation is 1. The number of pyridine rings is 1. The van der Waals surface area contributed by atoms with Gasteiger partial charge < -0.3 is 9.64 Å². The Morgan fingerprint density at radius 2 is 1.38 bits per heavy atom. The Hall–Kier alpha value is -2.36. The maximum Gasteiger partial charge on any atom is 0.220 e. The molecule has 206 valence electrons. The topological polar surface area (TPSA) is 33.4 Å². The molecule has 0 bridgehead atoms. The number of benzene rings is 1. The standard InChI is InChI=1S/C33H53N2O2/c1-5-7-8-9-10-11-12-13-14-15-16-17-26-37-33-20-18-19-32(29(33)3)28-35(30(4)36)27-31-21-24-34(23-6-2)25-22-31/h18-22,24-25H,5-17,23,26-28H2,1-4H3/q+1. The van der Waals surface area contributed by atoms with E-state index >= 15 is 0 Å². The van der Waals surface area contributed by atoms with Crippen LogP contribution in [0.15, 0.2) is 42.7 Å². The maximum absolute atomic E-state index is 12.4. The SMILES string of the molecule is CCCCCCCCCCCCCCOc1cccc(CN(Cc2cc[n+](CCC)cc2)C(C)=O)c1C. The summed E-state index contributed by atoms with van der Waals surface area (Å²) in [6.45, 7) is 11.2. The van der Waals surface area contributed by atoms with Crippen LogP contribution in [0.2, 0.25) is 0 Å². The maximum atomic E-state index is 12.4. The molecular formula is C33H53N2O2+. The molecule has 37 heavy (non-hydrogen) atoms. The van der Waals surface area contributed by atoms with Gasteiger partial charge in [-0.05, 0) is 36.1 Å². The lowest BCUT2D eigenvalue weighted by atomic mass is 10.1. The lowest BCUT2D eigenvalue weighted by Gasteiger charge is -2.23. The van der Waals surface area contributed by atoms with Gasteiger partial charge in [-0.2, -0.15) is 0 Å². The fourth-order valence-electron chi connectivity index (χ4n) is 4.82. The van der Waals surface area contributed by atoms with Crippen molar-refractivity contribution in [2.75, 3.05) is 6.61 Å². The average Bonchev–Trinajstić information content (AvgIpc) is 2.89. The first-order valence-electron chi connectivity index (χ1n) is 15.0. The van der Waals surface area contributed by atoms with E-state index in [1.54, 1.807) is 6.92 Å². The number of hydrogen-bond acceptors (Lipinski definition) is 2. The predicted molar refractivity (Wildman–Crippen MR) is 155 cm³/mol. The van der Waals surface area contributed by atoms with Crippen molar-refractivity contribution in [1.82, 2.24) is 4.90 Å². The first-order chi connectivity index (χ1) is 18.0. The summed E-state index contributed by atoms with van der Waals surface area (Å²) in [5, 5.41) is 0. The molecule has 0 spiro atoms. The third-order valence-electron chi connectivity index (χ3n) is 7.27. The normalized spacial score (nSPS) is 11.0. The van der Waals surface area contributed by atoms with E-state index in [4.69, 9.17) is 4.74 Å². The van der Waals surface area contributed by atoms with Crippen LogP contribution in [0.5, 0.6) is 5.75 Å². The van der Waals surface area contributed by atoms with E-state index in [2.05, 4.69) is 68.1 Å². The lowest BCUT2D eigenvalue weighted by Crippen LogP contribution is -2.33. The van der Waals surface area contributed by atoms with Crippen LogP contribution in [-0.2, 0) is 24.4 Å². The molecule has 2 rings (SSSR count). The molecule has 0 aliphatic carbocycles. The largest absolute Gasteiger partial charge is 0.493 e. The van der Waals surface area contributed by atoms with Gasteiger partial charge in [0.1, 0.15) is 12.3 Å². The Morgan fingerprint density at radius 3 is 1.95 bits per heavy atom. The van der Waals surface area contributed by atoms with Gasteiger partial charge in [-0.1, -0.05) is 96.6 Å². The van der Waals surface area contributed by atoms with Gasteiger partial charge in [0.2, 0.25) is 5.91 Å². The van der Waals surface area contributed by atoms with Crippen molar-refractivity contribution < 1.29 is 14.1 Å². The lowest BCUT2D eigenvalue weighted by molar-refractivity contribution is -0.697. The Labute approximate surface area is 227 Å². The Kier molecular flexibility index (Phi) is 15.7. The second-order valence-corrected chi connectivity index (χ2v) is 10.6. The highest BCUT2D eigenvalue weighted by Gasteiger charge is 2.14. The molecule has 0 aliphatic rings. The molecule has 0 unspecified atom stereocenters. The minimum Gasteiger partial charge on any atom is -0.493 e. The summed E-state index contributed by atoms with van der Waals surface area (Å²) < 4.78 is 8.34. The van der Waals surface area contributed by atoms with Crippen molar-refractivity contribution in [3.8, 4) is 5.75 Å². The van der Waals surface area contributed by atoms with Crippen LogP contribution >= 0.6 is 0 Å². The number of unbranched alkanes of at least 4 members (excludes halogenated alkanes) is 11. The van der Waals surface area contributed by atoms with Crippen LogP contribution in [0.25, 0.3) is 0 Å². The van der Waals surface area contributed by atoms with Crippen molar-refractivity contribution in [1.29, 1.82) is 0 Å². The van der Waals surface area contributed by atoms with Crippen LogP contribution < -0.4 is 9.30 Å². The quantitative estimate of drug-likeness (QED) is 0.133. The Bertz CT molecular complexity index is 878. The summed E-state index contributed by atoms with van der Waals surface area (Å²) in [6, 6.07) is 10.5. The molecule has 1 aromatic heterocycles. The van der Waals surface area contributed by atoms with Crippen LogP contribution in [-0.4, -0.2) is 17.4 Å². The highest BCUT2D eigenvalue weighted by Crippen LogP contribution is 2.24. The van der Waals surface area contributed by atoms with Gasteiger partial charge in [0.25, 0.3) is 0 Å². The number of rotatable bonds is 20. The van der Waals surface area contributed by atoms with Crippen LogP contribution in [0.4, 0.5) is 0 Å². The second kappa shape index (κ2) is 18.8. The number of aromatic nitrogens is 1. The minimum atomic E-state index is 0.0903. The number of carbonyl (C=O) groups is 1. The van der Waals surface area contributed by atoms with Gasteiger partial charge >= 0.3 is 0 Å². The van der Waals surface area contributed by atoms with Gasteiger partial charge in [-0.3, -0.25) is 4.79 Å². The van der Waals surface area contributed by atoms with E-state index in [-0.39, 0.29) is 5.91 Å². The van der Waals surface area contributed by atoms with Crippen molar-refractivity contribution in [3.05, 3.63) is 59.4 Å². The monoisotopic (exact) mass is 509 g/mol. The molecule has 0 radical (unpaired) electrons. The first kappa shape index (κ1) is 30.9. The number of nitrogens with zero attached hydrogens (tertiary/aromatic N) is 2. The summed E-state index contributed by atoms with van der Waals surface area (Å²) in [5.41, 5.74) is 3.44. The molecule has 4 heteroatoms. The van der Waals surface area contributed by atoms with Crippen LogP contribution in [0, 0.1) is 6.92 Å². The molecule has 0 fully saturated rings. The third-order valence-corrected chi connectivity index (χ3v) is 7.27. The molecule has 0 aliphatic heterocycles. The van der Waals surface area contributed by atoms with E-state index in [1.807, 2.05) is 4.90 Å². The first-order valence-corrected chi connectivity index (χ1v) is 15.0. The zero-order chi connectivity index (χ0) is 26.7. The van der Waals surface area contributed by atoms with Gasteiger partial charge in [0.15, 0.2) is 12.4 Å². The van der Waals surface area contributed by atoms with Crippen molar-refractivity contribution >= 4 is 5.91 Å². The number of carbonyl (C=O) groups excluding carboxylic acids is 1. The molecule has 2 aromatic rings. The molecule has 1 amide bonds. The average molecular weight is 510 g/mol. The van der Waals surface area contributed by atoms with E-state index in [0.717, 1.165) is 48.4 Å². The summed E-state index contributed by atoms with van der Waals surface area (Å²) in [4.78, 5) is 14.3. The van der Waals surface area contributed by atoms with Crippen molar-refractivity contribution in [2.24, 2.45) is 0 Å². The van der Waals surface area contributed by atoms with Gasteiger partial charge in [-0.25, -0.2) is 4.57 Å². The molecule has 0 saturated heterocycles. The Balaban J connectivity index is 1.71. The fraction of sp³-hybridized carbons (Fsp3) is 0.636. The van der Waals surface area contributed by atoms with E-state index < -0.39 is 0 Å². The molecule has 0 N–H and O–H groups in total. The van der Waals surface area contributed by atoms with Gasteiger partial charge in [0.05, 0.1) is 6.61 Å². The van der Waals surface area contributed by atoms with Crippen LogP contribution in [0.1, 0.15) is 121 Å². The summed E-state index contributed by atoms with van der Waals surface area (Å²) >= 11 is 0. The summed E-state index contributed by atoms with van der Waals surface area (Å²) in [5.74, 6) is 1.04. The second-order valence-electron chi connectivity index (χ2n) is 10.6. The minimum absolute atomic E-state index is 0.0903. The highest BCUT2D eigenvalue weighted by molar-refractivity contribution is 5.73. The Morgan fingerprint density at radius 1 is 0.784 bits per heavy atom. The van der Waals surface area contributed by atoms with Crippen molar-refractivity contribution in [2.45, 2.75) is 131 Å². The molecule has 0 saturated carbocycles. The predicted octanol–water partition coefficient (Wildman–Crippen LogP) is 8.32. The molecule has 1 heterocycles. The van der Waals surface area contributed by atoms with Crippen LogP contribution in [0.3, 0.4) is 0 Å². The number of ether oxygens (including phenoxy) is 1. The zero-order valence-corrected chi connectivity index (χ0v) is 24.3.